The Labute approximate surface area is 313 Å². The minimum Gasteiger partial charge on any atom is -0.457 e. The highest BCUT2D eigenvalue weighted by Crippen LogP contribution is 2.43. The number of allylic oxidation sites excluding steroid dienone is 4. The van der Waals surface area contributed by atoms with Crippen LogP contribution in [0.4, 0.5) is 0 Å². The molecule has 3 unspecified atom stereocenters. The SMILES string of the molecule is CCCCC/C=C\C/C=C\CCCCCCCCCCCC(=O)OC(COCCCCCCCCCCCCC)COP(=O)(O)OCC(O)CO. The second-order valence-corrected chi connectivity index (χ2v) is 15.5. The molecule has 0 amide bonds. The van der Waals surface area contributed by atoms with Gasteiger partial charge in [-0.3, -0.25) is 13.8 Å². The Kier molecular flexibility index (Phi) is 37.9. The Hall–Kier alpha value is -1.06. The molecule has 0 rings (SSSR count). The van der Waals surface area contributed by atoms with Gasteiger partial charge in [0.25, 0.3) is 0 Å². The molecule has 0 aromatic rings. The van der Waals surface area contributed by atoms with Gasteiger partial charge in [0.2, 0.25) is 0 Å². The van der Waals surface area contributed by atoms with E-state index in [-0.39, 0.29) is 25.6 Å². The van der Waals surface area contributed by atoms with E-state index in [1.54, 1.807) is 0 Å². The van der Waals surface area contributed by atoms with Crippen molar-refractivity contribution in [1.29, 1.82) is 0 Å². The Morgan fingerprint density at radius 1 is 0.608 bits per heavy atom. The first-order valence-electron chi connectivity index (χ1n) is 20.8. The number of carbonyl (C=O) groups excluding carboxylic acids is 1. The maximum atomic E-state index is 12.6. The molecule has 10 heteroatoms. The zero-order chi connectivity index (χ0) is 37.5. The molecule has 0 aromatic carbocycles. The van der Waals surface area contributed by atoms with Crippen LogP contribution in [0.25, 0.3) is 0 Å². The average molecular weight is 747 g/mol. The van der Waals surface area contributed by atoms with E-state index in [0.717, 1.165) is 38.5 Å². The number of aliphatic hydroxyl groups excluding tert-OH is 2. The molecule has 3 atom stereocenters. The van der Waals surface area contributed by atoms with Crippen molar-refractivity contribution in [2.75, 3.05) is 33.0 Å². The first-order valence-corrected chi connectivity index (χ1v) is 22.3. The van der Waals surface area contributed by atoms with Crippen LogP contribution in [0.2, 0.25) is 0 Å². The average Bonchev–Trinajstić information content (AvgIpc) is 3.12. The monoisotopic (exact) mass is 747 g/mol. The third-order valence-electron chi connectivity index (χ3n) is 8.89. The van der Waals surface area contributed by atoms with Gasteiger partial charge >= 0.3 is 13.8 Å². The lowest BCUT2D eigenvalue weighted by atomic mass is 10.1. The number of unbranched alkanes of at least 4 members (excludes halogenated alkanes) is 22. The van der Waals surface area contributed by atoms with Crippen LogP contribution in [0.5, 0.6) is 0 Å². The highest BCUT2D eigenvalue weighted by molar-refractivity contribution is 7.47. The molecule has 0 saturated heterocycles. The number of esters is 1. The van der Waals surface area contributed by atoms with Gasteiger partial charge in [-0.15, -0.1) is 0 Å². The summed E-state index contributed by atoms with van der Waals surface area (Å²) >= 11 is 0. The number of aliphatic hydroxyl groups is 2. The quantitative estimate of drug-likeness (QED) is 0.0242. The third kappa shape index (κ3) is 38.5. The summed E-state index contributed by atoms with van der Waals surface area (Å²) in [5.41, 5.74) is 0. The fraction of sp³-hybridized carbons (Fsp3) is 0.878. The van der Waals surface area contributed by atoms with Crippen molar-refractivity contribution in [3.05, 3.63) is 24.3 Å². The van der Waals surface area contributed by atoms with E-state index in [1.807, 2.05) is 0 Å². The van der Waals surface area contributed by atoms with E-state index in [0.29, 0.717) is 6.61 Å². The number of phosphoric ester groups is 1. The minimum atomic E-state index is -4.51. The van der Waals surface area contributed by atoms with Crippen LogP contribution in [0, 0.1) is 0 Å². The summed E-state index contributed by atoms with van der Waals surface area (Å²) in [5, 5.41) is 18.3. The highest BCUT2D eigenvalue weighted by Gasteiger charge is 2.26. The fourth-order valence-corrected chi connectivity index (χ4v) is 6.47. The van der Waals surface area contributed by atoms with Gasteiger partial charge in [0.1, 0.15) is 12.2 Å². The topological polar surface area (TPSA) is 132 Å². The first kappa shape index (κ1) is 49.9. The number of phosphoric acid groups is 1. The minimum absolute atomic E-state index is 0.0512. The summed E-state index contributed by atoms with van der Waals surface area (Å²) in [4.78, 5) is 22.5. The number of hydrogen-bond acceptors (Lipinski definition) is 8. The number of ether oxygens (including phenoxy) is 2. The van der Waals surface area contributed by atoms with E-state index in [2.05, 4.69) is 38.2 Å². The van der Waals surface area contributed by atoms with Crippen LogP contribution < -0.4 is 0 Å². The van der Waals surface area contributed by atoms with Crippen LogP contribution >= 0.6 is 7.82 Å². The smallest absolute Gasteiger partial charge is 0.457 e. The third-order valence-corrected chi connectivity index (χ3v) is 9.84. The molecule has 3 N–H and O–H groups in total. The van der Waals surface area contributed by atoms with Gasteiger partial charge < -0.3 is 24.6 Å². The molecule has 0 spiro atoms. The van der Waals surface area contributed by atoms with E-state index < -0.39 is 33.2 Å². The van der Waals surface area contributed by atoms with Crippen LogP contribution in [0.15, 0.2) is 24.3 Å². The van der Waals surface area contributed by atoms with Crippen LogP contribution in [-0.4, -0.2) is 66.3 Å². The van der Waals surface area contributed by atoms with Crippen molar-refractivity contribution in [1.82, 2.24) is 0 Å². The van der Waals surface area contributed by atoms with Gasteiger partial charge in [-0.2, -0.15) is 0 Å². The lowest BCUT2D eigenvalue weighted by Gasteiger charge is -2.20. The molecule has 0 fully saturated rings. The van der Waals surface area contributed by atoms with Gasteiger partial charge in [-0.05, 0) is 44.9 Å². The predicted molar refractivity (Wildman–Crippen MR) is 210 cm³/mol. The second-order valence-electron chi connectivity index (χ2n) is 14.0. The molecule has 9 nitrogen and oxygen atoms in total. The molecule has 0 bridgehead atoms. The van der Waals surface area contributed by atoms with Gasteiger partial charge in [-0.1, -0.05) is 160 Å². The Morgan fingerprint density at radius 2 is 1.06 bits per heavy atom. The fourth-order valence-electron chi connectivity index (χ4n) is 5.68. The highest BCUT2D eigenvalue weighted by atomic mass is 31.2. The van der Waals surface area contributed by atoms with E-state index in [1.165, 1.54) is 128 Å². The van der Waals surface area contributed by atoms with Gasteiger partial charge in [0.15, 0.2) is 0 Å². The summed E-state index contributed by atoms with van der Waals surface area (Å²) in [5.74, 6) is -0.386. The zero-order valence-electron chi connectivity index (χ0n) is 32.8. The van der Waals surface area contributed by atoms with Crippen molar-refractivity contribution < 1.29 is 43.0 Å². The molecule has 51 heavy (non-hydrogen) atoms. The normalized spacial score (nSPS) is 14.4. The lowest BCUT2D eigenvalue weighted by molar-refractivity contribution is -0.154. The maximum absolute atomic E-state index is 12.6. The molecular weight excluding hydrogens is 667 g/mol. The summed E-state index contributed by atoms with van der Waals surface area (Å²) in [7, 11) is -4.51. The lowest BCUT2D eigenvalue weighted by Crippen LogP contribution is -2.29. The molecule has 0 aromatic heterocycles. The Balaban J connectivity index is 4.14. The van der Waals surface area contributed by atoms with Crippen molar-refractivity contribution in [2.24, 2.45) is 0 Å². The van der Waals surface area contributed by atoms with E-state index in [4.69, 9.17) is 23.6 Å². The van der Waals surface area contributed by atoms with Crippen molar-refractivity contribution >= 4 is 13.8 Å². The molecule has 0 aliphatic carbocycles. The number of rotatable bonds is 40. The van der Waals surface area contributed by atoms with Crippen molar-refractivity contribution in [2.45, 2.75) is 199 Å². The standard InChI is InChI=1S/C41H79O9P/c1-3-5-7-9-11-13-15-16-17-18-19-20-21-22-23-25-27-29-31-33-41(44)50-40(38-49-51(45,46)48-36-39(43)35-42)37-47-34-32-30-28-26-24-14-12-10-8-6-4-2/h11,13,16-17,39-40,42-43H,3-10,12,14-15,18-38H2,1-2H3,(H,45,46)/b13-11-,17-16-. The van der Waals surface area contributed by atoms with Crippen LogP contribution in [0.1, 0.15) is 187 Å². The first-order chi connectivity index (χ1) is 24.8. The summed E-state index contributed by atoms with van der Waals surface area (Å²) in [6.07, 6.45) is 38.4. The molecule has 302 valence electrons. The molecule has 0 aliphatic heterocycles. The van der Waals surface area contributed by atoms with Crippen molar-refractivity contribution in [3.8, 4) is 0 Å². The summed E-state index contributed by atoms with van der Waals surface area (Å²) in [6, 6.07) is 0. The predicted octanol–water partition coefficient (Wildman–Crippen LogP) is 11.1. The number of hydrogen-bond donors (Lipinski definition) is 3. The van der Waals surface area contributed by atoms with Crippen LogP contribution in [-0.2, 0) is 27.9 Å². The summed E-state index contributed by atoms with van der Waals surface area (Å²) in [6.45, 7) is 3.50. The zero-order valence-corrected chi connectivity index (χ0v) is 33.7. The van der Waals surface area contributed by atoms with Crippen molar-refractivity contribution in [3.63, 3.8) is 0 Å². The largest absolute Gasteiger partial charge is 0.472 e. The van der Waals surface area contributed by atoms with Gasteiger partial charge in [0.05, 0.1) is 26.4 Å². The molecule has 0 heterocycles. The number of carbonyl (C=O) groups is 1. The Bertz CT molecular complexity index is 851. The molecule has 0 radical (unpaired) electrons. The summed E-state index contributed by atoms with van der Waals surface area (Å²) < 4.78 is 33.3. The molecular formula is C41H79O9P. The molecule has 0 aliphatic rings. The van der Waals surface area contributed by atoms with Gasteiger partial charge in [0, 0.05) is 13.0 Å². The van der Waals surface area contributed by atoms with E-state index in [9.17, 15) is 19.4 Å². The van der Waals surface area contributed by atoms with Crippen LogP contribution in [0.3, 0.4) is 0 Å². The Morgan fingerprint density at radius 3 is 1.61 bits per heavy atom. The van der Waals surface area contributed by atoms with Gasteiger partial charge in [-0.25, -0.2) is 4.57 Å². The molecule has 0 saturated carbocycles. The second kappa shape index (κ2) is 38.7. The van der Waals surface area contributed by atoms with E-state index >= 15 is 0 Å². The maximum Gasteiger partial charge on any atom is 0.472 e.